The maximum atomic E-state index is 12.6. The number of amides is 1. The van der Waals surface area contributed by atoms with Gasteiger partial charge in [-0.2, -0.15) is 0 Å². The molecule has 0 unspecified atom stereocenters. The molecular weight excluding hydrogens is 340 g/mol. The number of nitrogens with zero attached hydrogens (tertiary/aromatic N) is 2. The van der Waals surface area contributed by atoms with Gasteiger partial charge in [-0.1, -0.05) is 12.1 Å². The number of para-hydroxylation sites is 1. The lowest BCUT2D eigenvalue weighted by molar-refractivity contribution is -0.135. The monoisotopic (exact) mass is 366 g/mol. The molecule has 1 amide bonds. The maximum Gasteiger partial charge on any atom is 0.242 e. The van der Waals surface area contributed by atoms with Crippen molar-refractivity contribution in [3.05, 3.63) is 24.3 Å². The van der Waals surface area contributed by atoms with Gasteiger partial charge in [0.05, 0.1) is 5.69 Å². The number of carbonyl (C=O) groups is 1. The van der Waals surface area contributed by atoms with Crippen LogP contribution in [-0.2, 0) is 14.8 Å². The summed E-state index contributed by atoms with van der Waals surface area (Å²) in [6.07, 6.45) is 2.58. The van der Waals surface area contributed by atoms with Crippen LogP contribution >= 0.6 is 0 Å². The van der Waals surface area contributed by atoms with Crippen molar-refractivity contribution in [2.45, 2.75) is 30.2 Å². The third kappa shape index (κ3) is 3.80. The van der Waals surface area contributed by atoms with Crippen LogP contribution in [0.2, 0.25) is 0 Å². The minimum atomic E-state index is -3.51. The molecule has 1 heterocycles. The summed E-state index contributed by atoms with van der Waals surface area (Å²) in [5, 5.41) is 0. The minimum Gasteiger partial charge on any atom is -0.367 e. The Morgan fingerprint density at radius 1 is 1.16 bits per heavy atom. The van der Waals surface area contributed by atoms with Gasteiger partial charge in [0.25, 0.3) is 0 Å². The van der Waals surface area contributed by atoms with E-state index in [1.807, 2.05) is 21.9 Å². The van der Waals surface area contributed by atoms with Crippen molar-refractivity contribution in [2.24, 2.45) is 11.7 Å². The minimum absolute atomic E-state index is 0.0542. The Bertz CT molecular complexity index is 729. The Labute approximate surface area is 149 Å². The topological polar surface area (TPSA) is 95.7 Å². The predicted molar refractivity (Wildman–Crippen MR) is 96.8 cm³/mol. The molecule has 8 heteroatoms. The highest BCUT2D eigenvalue weighted by Crippen LogP contribution is 2.28. The second-order valence-electron chi connectivity index (χ2n) is 6.76. The smallest absolute Gasteiger partial charge is 0.242 e. The quantitative estimate of drug-likeness (QED) is 0.803. The van der Waals surface area contributed by atoms with Crippen molar-refractivity contribution >= 4 is 21.6 Å². The number of rotatable bonds is 4. The zero-order valence-electron chi connectivity index (χ0n) is 14.5. The highest BCUT2D eigenvalue weighted by molar-refractivity contribution is 7.89. The average molecular weight is 366 g/mol. The molecule has 0 aromatic heterocycles. The summed E-state index contributed by atoms with van der Waals surface area (Å²) in [5.74, 6) is 0.252. The molecule has 7 nitrogen and oxygen atoms in total. The van der Waals surface area contributed by atoms with E-state index in [4.69, 9.17) is 5.73 Å². The highest BCUT2D eigenvalue weighted by atomic mass is 32.2. The average Bonchev–Trinajstić information content (AvgIpc) is 3.07. The van der Waals surface area contributed by atoms with E-state index in [0.29, 0.717) is 31.9 Å². The van der Waals surface area contributed by atoms with Crippen LogP contribution in [0, 0.1) is 5.92 Å². The molecule has 3 N–H and O–H groups in total. The van der Waals surface area contributed by atoms with Crippen LogP contribution in [0.15, 0.2) is 29.2 Å². The van der Waals surface area contributed by atoms with Crippen LogP contribution in [-0.4, -0.2) is 58.5 Å². The Morgan fingerprint density at radius 2 is 1.84 bits per heavy atom. The van der Waals surface area contributed by atoms with Crippen molar-refractivity contribution in [3.63, 3.8) is 0 Å². The van der Waals surface area contributed by atoms with Gasteiger partial charge in [-0.25, -0.2) is 13.1 Å². The standard InChI is InChI=1S/C17H26N4O3S/c1-19-25(23,24)16-5-3-2-4-15(16)20-8-10-21(11-9-20)17(22)13-6-7-14(18)12-13/h2-5,13-14,19H,6-12,18H2,1H3/t13-,14-/m0/s1. The summed E-state index contributed by atoms with van der Waals surface area (Å²) in [7, 11) is -2.10. The van der Waals surface area contributed by atoms with Gasteiger partial charge in [0.15, 0.2) is 0 Å². The number of piperazine rings is 1. The summed E-state index contributed by atoms with van der Waals surface area (Å²) in [6, 6.07) is 7.13. The fourth-order valence-electron chi connectivity index (χ4n) is 3.72. The van der Waals surface area contributed by atoms with Crippen LogP contribution in [0.5, 0.6) is 0 Å². The second-order valence-corrected chi connectivity index (χ2v) is 8.61. The van der Waals surface area contributed by atoms with Crippen molar-refractivity contribution in [1.29, 1.82) is 0 Å². The van der Waals surface area contributed by atoms with E-state index in [0.717, 1.165) is 19.3 Å². The lowest BCUT2D eigenvalue weighted by Crippen LogP contribution is -2.50. The lowest BCUT2D eigenvalue weighted by Gasteiger charge is -2.37. The van der Waals surface area contributed by atoms with E-state index in [1.54, 1.807) is 12.1 Å². The van der Waals surface area contributed by atoms with Crippen molar-refractivity contribution in [1.82, 2.24) is 9.62 Å². The zero-order valence-corrected chi connectivity index (χ0v) is 15.3. The highest BCUT2D eigenvalue weighted by Gasteiger charge is 2.33. The number of benzene rings is 1. The molecule has 1 aliphatic carbocycles. The van der Waals surface area contributed by atoms with Gasteiger partial charge in [0, 0.05) is 38.1 Å². The van der Waals surface area contributed by atoms with Gasteiger partial charge in [0.2, 0.25) is 15.9 Å². The van der Waals surface area contributed by atoms with Crippen LogP contribution in [0.3, 0.4) is 0 Å². The Kier molecular flexibility index (Phi) is 5.31. The number of nitrogens with one attached hydrogen (secondary N) is 1. The first-order chi connectivity index (χ1) is 11.9. The molecule has 1 saturated heterocycles. The number of carbonyl (C=O) groups excluding carboxylic acids is 1. The third-order valence-electron chi connectivity index (χ3n) is 5.18. The molecule has 2 fully saturated rings. The molecule has 0 bridgehead atoms. The Balaban J connectivity index is 1.68. The second kappa shape index (κ2) is 7.31. The largest absolute Gasteiger partial charge is 0.367 e. The summed E-state index contributed by atoms with van der Waals surface area (Å²) in [6.45, 7) is 2.47. The fraction of sp³-hybridized carbons (Fsp3) is 0.588. The zero-order chi connectivity index (χ0) is 18.0. The number of sulfonamides is 1. The molecule has 1 aromatic rings. The fourth-order valence-corrected chi connectivity index (χ4v) is 4.67. The first kappa shape index (κ1) is 18.2. The van der Waals surface area contributed by atoms with Crippen molar-refractivity contribution in [3.8, 4) is 0 Å². The summed E-state index contributed by atoms with van der Waals surface area (Å²) in [4.78, 5) is 16.8. The summed E-state index contributed by atoms with van der Waals surface area (Å²) >= 11 is 0. The Hall–Kier alpha value is -1.64. The third-order valence-corrected chi connectivity index (χ3v) is 6.64. The number of anilines is 1. The van der Waals surface area contributed by atoms with Crippen LogP contribution in [0.1, 0.15) is 19.3 Å². The van der Waals surface area contributed by atoms with Gasteiger partial charge in [-0.15, -0.1) is 0 Å². The van der Waals surface area contributed by atoms with E-state index in [9.17, 15) is 13.2 Å². The van der Waals surface area contributed by atoms with Gasteiger partial charge < -0.3 is 15.5 Å². The molecule has 2 aliphatic rings. The molecule has 0 spiro atoms. The molecule has 3 rings (SSSR count). The molecule has 1 saturated carbocycles. The molecule has 0 radical (unpaired) electrons. The molecule has 2 atom stereocenters. The first-order valence-electron chi connectivity index (χ1n) is 8.74. The van der Waals surface area contributed by atoms with E-state index < -0.39 is 10.0 Å². The van der Waals surface area contributed by atoms with Gasteiger partial charge in [0.1, 0.15) is 4.90 Å². The number of hydrogen-bond donors (Lipinski definition) is 2. The number of hydrogen-bond acceptors (Lipinski definition) is 5. The van der Waals surface area contributed by atoms with Gasteiger partial charge in [-0.3, -0.25) is 4.79 Å². The van der Waals surface area contributed by atoms with Gasteiger partial charge in [-0.05, 0) is 38.4 Å². The normalized spacial score (nSPS) is 24.6. The van der Waals surface area contributed by atoms with Crippen molar-refractivity contribution < 1.29 is 13.2 Å². The molecule has 1 aromatic carbocycles. The summed E-state index contributed by atoms with van der Waals surface area (Å²) in [5.41, 5.74) is 6.61. The van der Waals surface area contributed by atoms with Crippen molar-refractivity contribution in [2.75, 3.05) is 38.1 Å². The van der Waals surface area contributed by atoms with E-state index in [1.165, 1.54) is 7.05 Å². The first-order valence-corrected chi connectivity index (χ1v) is 10.2. The van der Waals surface area contributed by atoms with E-state index in [-0.39, 0.29) is 22.8 Å². The molecular formula is C17H26N4O3S. The maximum absolute atomic E-state index is 12.6. The lowest BCUT2D eigenvalue weighted by atomic mass is 10.1. The SMILES string of the molecule is CNS(=O)(=O)c1ccccc1N1CCN(C(=O)[C@H]2CC[C@H](N)C2)CC1. The molecule has 138 valence electrons. The molecule has 1 aliphatic heterocycles. The van der Waals surface area contributed by atoms with E-state index >= 15 is 0 Å². The Morgan fingerprint density at radius 3 is 2.44 bits per heavy atom. The molecule has 25 heavy (non-hydrogen) atoms. The van der Waals surface area contributed by atoms with Crippen LogP contribution < -0.4 is 15.4 Å². The predicted octanol–water partition coefficient (Wildman–Crippen LogP) is 0.371. The van der Waals surface area contributed by atoms with E-state index in [2.05, 4.69) is 4.72 Å². The van der Waals surface area contributed by atoms with Crippen LogP contribution in [0.25, 0.3) is 0 Å². The number of nitrogens with two attached hydrogens (primary N) is 1. The van der Waals surface area contributed by atoms with Gasteiger partial charge >= 0.3 is 0 Å². The van der Waals surface area contributed by atoms with Crippen LogP contribution in [0.4, 0.5) is 5.69 Å². The summed E-state index contributed by atoms with van der Waals surface area (Å²) < 4.78 is 26.8.